The Morgan fingerprint density at radius 3 is 2.32 bits per heavy atom. The average molecular weight is 282 g/mol. The molecule has 1 aromatic carbocycles. The Balaban J connectivity index is 1.77. The molecule has 1 aromatic rings. The molecule has 1 fully saturated rings. The largest absolute Gasteiger partial charge is 0.325 e. The third-order valence-corrected chi connectivity index (χ3v) is 3.66. The van der Waals surface area contributed by atoms with Crippen LogP contribution in [0.25, 0.3) is 0 Å². The topological polar surface area (TPSA) is 35.6 Å². The van der Waals surface area contributed by atoms with Gasteiger partial charge in [-0.1, -0.05) is 18.5 Å². The van der Waals surface area contributed by atoms with Crippen LogP contribution in [-0.2, 0) is 4.79 Å². The molecule has 19 heavy (non-hydrogen) atoms. The van der Waals surface area contributed by atoms with Crippen molar-refractivity contribution < 1.29 is 4.79 Å². The van der Waals surface area contributed by atoms with E-state index in [1.807, 2.05) is 12.1 Å². The molecule has 0 bridgehead atoms. The van der Waals surface area contributed by atoms with Crippen molar-refractivity contribution in [3.05, 3.63) is 29.3 Å². The molecule has 0 aliphatic carbocycles. The Bertz CT molecular complexity index is 413. The number of carbonyl (C=O) groups is 1. The van der Waals surface area contributed by atoms with Crippen molar-refractivity contribution in [3.8, 4) is 0 Å². The van der Waals surface area contributed by atoms with Gasteiger partial charge in [-0.25, -0.2) is 0 Å². The van der Waals surface area contributed by atoms with E-state index in [9.17, 15) is 4.79 Å². The molecule has 0 unspecified atom stereocenters. The lowest BCUT2D eigenvalue weighted by Gasteiger charge is -2.33. The van der Waals surface area contributed by atoms with E-state index >= 15 is 0 Å². The molecule has 0 atom stereocenters. The van der Waals surface area contributed by atoms with Gasteiger partial charge in [-0.3, -0.25) is 9.69 Å². The minimum Gasteiger partial charge on any atom is -0.325 e. The number of nitrogens with one attached hydrogen (secondary N) is 1. The quantitative estimate of drug-likeness (QED) is 0.916. The summed E-state index contributed by atoms with van der Waals surface area (Å²) in [5.41, 5.74) is 0.793. The minimum atomic E-state index is 0.0345. The summed E-state index contributed by atoms with van der Waals surface area (Å²) in [4.78, 5) is 16.5. The lowest BCUT2D eigenvalue weighted by molar-refractivity contribution is -0.117. The van der Waals surface area contributed by atoms with E-state index in [-0.39, 0.29) is 5.91 Å². The fourth-order valence-electron chi connectivity index (χ4n) is 2.20. The van der Waals surface area contributed by atoms with Crippen molar-refractivity contribution in [1.82, 2.24) is 9.80 Å². The second-order valence-electron chi connectivity index (χ2n) is 4.77. The predicted octanol–water partition coefficient (Wildman–Crippen LogP) is 1.92. The van der Waals surface area contributed by atoms with E-state index in [1.165, 1.54) is 0 Å². The minimum absolute atomic E-state index is 0.0345. The molecule has 0 saturated carbocycles. The number of hydrogen-bond donors (Lipinski definition) is 1. The third-order valence-electron chi connectivity index (χ3n) is 3.41. The number of piperazine rings is 1. The molecular formula is C14H20ClN3O. The van der Waals surface area contributed by atoms with Crippen molar-refractivity contribution in [2.24, 2.45) is 0 Å². The van der Waals surface area contributed by atoms with Crippen molar-refractivity contribution >= 4 is 23.2 Å². The van der Waals surface area contributed by atoms with Gasteiger partial charge < -0.3 is 10.2 Å². The second kappa shape index (κ2) is 6.89. The molecule has 1 N–H and O–H groups in total. The van der Waals surface area contributed by atoms with Crippen LogP contribution in [0.2, 0.25) is 5.02 Å². The van der Waals surface area contributed by atoms with Gasteiger partial charge in [-0.05, 0) is 30.8 Å². The first kappa shape index (κ1) is 14.3. The van der Waals surface area contributed by atoms with Crippen LogP contribution >= 0.6 is 11.6 Å². The molecule has 1 saturated heterocycles. The van der Waals surface area contributed by atoms with Gasteiger partial charge in [0.05, 0.1) is 6.54 Å². The number of anilines is 1. The van der Waals surface area contributed by atoms with Gasteiger partial charge in [0.2, 0.25) is 5.91 Å². The highest BCUT2D eigenvalue weighted by atomic mass is 35.5. The van der Waals surface area contributed by atoms with E-state index < -0.39 is 0 Å². The third kappa shape index (κ3) is 4.49. The molecule has 5 heteroatoms. The first-order valence-corrected chi connectivity index (χ1v) is 7.05. The predicted molar refractivity (Wildman–Crippen MR) is 78.6 cm³/mol. The van der Waals surface area contributed by atoms with Crippen LogP contribution < -0.4 is 5.32 Å². The van der Waals surface area contributed by atoms with Crippen LogP contribution in [0.5, 0.6) is 0 Å². The highest BCUT2D eigenvalue weighted by Gasteiger charge is 2.17. The molecule has 1 amide bonds. The normalized spacial score (nSPS) is 17.4. The maximum absolute atomic E-state index is 11.9. The Labute approximate surface area is 119 Å². The molecule has 0 spiro atoms. The molecule has 104 valence electrons. The summed E-state index contributed by atoms with van der Waals surface area (Å²) in [6.45, 7) is 7.73. The summed E-state index contributed by atoms with van der Waals surface area (Å²) >= 11 is 5.81. The van der Waals surface area contributed by atoms with E-state index in [2.05, 4.69) is 22.0 Å². The van der Waals surface area contributed by atoms with E-state index in [0.29, 0.717) is 11.6 Å². The number of nitrogens with zero attached hydrogens (tertiary/aromatic N) is 2. The standard InChI is InChI=1S/C14H20ClN3O/c1-2-17-7-9-18(10-8-17)11-14(19)16-13-5-3-12(15)4-6-13/h3-6H,2,7-11H2,1H3,(H,16,19). The maximum atomic E-state index is 11.9. The van der Waals surface area contributed by atoms with Gasteiger partial charge in [0.25, 0.3) is 0 Å². The number of likely N-dealkylation sites (N-methyl/N-ethyl adjacent to an activating group) is 1. The van der Waals surface area contributed by atoms with Crippen molar-refractivity contribution in [3.63, 3.8) is 0 Å². The number of rotatable bonds is 4. The van der Waals surface area contributed by atoms with Gasteiger partial charge in [-0.2, -0.15) is 0 Å². The first-order valence-electron chi connectivity index (χ1n) is 6.67. The SMILES string of the molecule is CCN1CCN(CC(=O)Nc2ccc(Cl)cc2)CC1. The van der Waals surface area contributed by atoms with Crippen LogP contribution in [0.4, 0.5) is 5.69 Å². The second-order valence-corrected chi connectivity index (χ2v) is 5.20. The molecule has 0 aromatic heterocycles. The zero-order chi connectivity index (χ0) is 13.7. The molecule has 0 radical (unpaired) electrons. The van der Waals surface area contributed by atoms with Crippen molar-refractivity contribution in [2.75, 3.05) is 44.6 Å². The molecule has 1 aliphatic heterocycles. The maximum Gasteiger partial charge on any atom is 0.238 e. The summed E-state index contributed by atoms with van der Waals surface area (Å²) in [6.07, 6.45) is 0. The fourth-order valence-corrected chi connectivity index (χ4v) is 2.33. The molecule has 4 nitrogen and oxygen atoms in total. The Morgan fingerprint density at radius 2 is 1.74 bits per heavy atom. The Morgan fingerprint density at radius 1 is 1.16 bits per heavy atom. The Kier molecular flexibility index (Phi) is 5.19. The number of benzene rings is 1. The van der Waals surface area contributed by atoms with E-state index in [0.717, 1.165) is 38.4 Å². The Hall–Kier alpha value is -1.10. The van der Waals surface area contributed by atoms with E-state index in [4.69, 9.17) is 11.6 Å². The summed E-state index contributed by atoms with van der Waals surface area (Å²) in [5, 5.41) is 3.56. The summed E-state index contributed by atoms with van der Waals surface area (Å²) in [7, 11) is 0. The van der Waals surface area contributed by atoms with E-state index in [1.54, 1.807) is 12.1 Å². The molecular weight excluding hydrogens is 262 g/mol. The van der Waals surface area contributed by atoms with Crippen molar-refractivity contribution in [2.45, 2.75) is 6.92 Å². The van der Waals surface area contributed by atoms with Gasteiger partial charge in [0.1, 0.15) is 0 Å². The zero-order valence-corrected chi connectivity index (χ0v) is 12.0. The number of halogens is 1. The summed E-state index contributed by atoms with van der Waals surface area (Å²) in [5.74, 6) is 0.0345. The van der Waals surface area contributed by atoms with Gasteiger partial charge in [-0.15, -0.1) is 0 Å². The summed E-state index contributed by atoms with van der Waals surface area (Å²) in [6, 6.07) is 7.18. The summed E-state index contributed by atoms with van der Waals surface area (Å²) < 4.78 is 0. The molecule has 2 rings (SSSR count). The first-order chi connectivity index (χ1) is 9.17. The van der Waals surface area contributed by atoms with Crippen LogP contribution in [0, 0.1) is 0 Å². The highest BCUT2D eigenvalue weighted by Crippen LogP contribution is 2.13. The van der Waals surface area contributed by atoms with Gasteiger partial charge in [0, 0.05) is 36.9 Å². The highest BCUT2D eigenvalue weighted by molar-refractivity contribution is 6.30. The lowest BCUT2D eigenvalue weighted by atomic mass is 10.3. The monoisotopic (exact) mass is 281 g/mol. The number of carbonyl (C=O) groups excluding carboxylic acids is 1. The van der Waals surface area contributed by atoms with Crippen LogP contribution in [-0.4, -0.2) is 55.0 Å². The average Bonchev–Trinajstić information content (AvgIpc) is 2.42. The lowest BCUT2D eigenvalue weighted by Crippen LogP contribution is -2.48. The van der Waals surface area contributed by atoms with Crippen LogP contribution in [0.1, 0.15) is 6.92 Å². The van der Waals surface area contributed by atoms with Crippen LogP contribution in [0.3, 0.4) is 0 Å². The smallest absolute Gasteiger partial charge is 0.238 e. The number of amides is 1. The molecule has 1 heterocycles. The van der Waals surface area contributed by atoms with Crippen LogP contribution in [0.15, 0.2) is 24.3 Å². The fraction of sp³-hybridized carbons (Fsp3) is 0.500. The zero-order valence-electron chi connectivity index (χ0n) is 11.2. The molecule has 1 aliphatic rings. The number of hydrogen-bond acceptors (Lipinski definition) is 3. The van der Waals surface area contributed by atoms with Gasteiger partial charge >= 0.3 is 0 Å². The van der Waals surface area contributed by atoms with Gasteiger partial charge in [0.15, 0.2) is 0 Å². The van der Waals surface area contributed by atoms with Crippen molar-refractivity contribution in [1.29, 1.82) is 0 Å².